The van der Waals surface area contributed by atoms with E-state index in [9.17, 15) is 19.4 Å². The lowest BCUT2D eigenvalue weighted by atomic mass is 9.68. The molecule has 0 N–H and O–H groups in total. The van der Waals surface area contributed by atoms with Gasteiger partial charge in [-0.15, -0.1) is 0 Å². The SMILES string of the molecule is C.C.C.C.C.C.CCC(C)(OC)C(=O)OCCC1CCC(C2CCC(CC[P+]([O-])=S=S)CC2)CC1.CCC(C)(OC)C(=O)OCCc1ccc(-c2ccc(CC[P+]([O-])=S=S)cc2)cc1. The highest BCUT2D eigenvalue weighted by molar-refractivity contribution is 8.34. The van der Waals surface area contributed by atoms with E-state index in [0.717, 1.165) is 84.4 Å². The summed E-state index contributed by atoms with van der Waals surface area (Å²) < 4.78 is 21.5. The van der Waals surface area contributed by atoms with Crippen LogP contribution in [-0.2, 0) is 82.8 Å². The third-order valence-corrected chi connectivity index (χ3v) is 19.3. The first-order chi connectivity index (χ1) is 27.8. The van der Waals surface area contributed by atoms with Gasteiger partial charge in [0.1, 0.15) is 45.2 Å². The number of hydrogen-bond donors (Lipinski definition) is 0. The Kier molecular flexibility index (Phi) is 39.7. The molecule has 2 fully saturated rings. The smallest absolute Gasteiger partial charge is 0.338 e. The number of rotatable bonds is 20. The second-order valence-electron chi connectivity index (χ2n) is 16.1. The average Bonchev–Trinajstić information content (AvgIpc) is 3.27. The highest BCUT2D eigenvalue weighted by Crippen LogP contribution is 2.43. The molecule has 4 unspecified atom stereocenters. The molecular weight excluding hydrogens is 919 g/mol. The van der Waals surface area contributed by atoms with Gasteiger partial charge in [0.05, 0.1) is 13.2 Å². The Balaban J connectivity index is -0.000000514. The Hall–Kier alpha value is -1.30. The number of methoxy groups -OCH3 is 2. The van der Waals surface area contributed by atoms with Crippen LogP contribution in [0.15, 0.2) is 48.5 Å². The molecule has 0 saturated heterocycles. The number of ether oxygens (including phenoxy) is 4. The molecule has 2 aromatic carbocycles. The number of carbonyl (C=O) groups is 2. The van der Waals surface area contributed by atoms with Crippen LogP contribution in [0, 0.1) is 23.7 Å². The normalized spacial score (nSPS) is 19.8. The van der Waals surface area contributed by atoms with Crippen LogP contribution in [0.25, 0.3) is 11.1 Å². The van der Waals surface area contributed by atoms with E-state index in [0.29, 0.717) is 44.6 Å². The van der Waals surface area contributed by atoms with Crippen molar-refractivity contribution in [3.8, 4) is 11.1 Å². The third-order valence-electron chi connectivity index (χ3n) is 12.7. The minimum atomic E-state index is -1.33. The molecule has 8 nitrogen and oxygen atoms in total. The van der Waals surface area contributed by atoms with Gasteiger partial charge in [0.25, 0.3) is 0 Å². The molecule has 372 valence electrons. The first-order valence-corrected chi connectivity index (χ1v) is 28.5. The summed E-state index contributed by atoms with van der Waals surface area (Å²) in [5.41, 5.74) is 2.84. The van der Waals surface area contributed by atoms with Gasteiger partial charge in [0.2, 0.25) is 0 Å². The molecule has 0 radical (unpaired) electrons. The summed E-state index contributed by atoms with van der Waals surface area (Å²) >= 11 is 9.58. The van der Waals surface area contributed by atoms with Crippen molar-refractivity contribution in [2.24, 2.45) is 23.7 Å². The maximum atomic E-state index is 12.2. The van der Waals surface area contributed by atoms with Crippen molar-refractivity contribution < 1.29 is 38.3 Å². The lowest BCUT2D eigenvalue weighted by Gasteiger charge is -2.37. The van der Waals surface area contributed by atoms with E-state index in [1.165, 1.54) is 58.5 Å². The zero-order valence-corrected chi connectivity index (χ0v) is 40.5. The second-order valence-corrected chi connectivity index (χ2v) is 24.7. The topological polar surface area (TPSA) is 117 Å². The van der Waals surface area contributed by atoms with Crippen molar-refractivity contribution in [1.82, 2.24) is 0 Å². The van der Waals surface area contributed by atoms with Crippen molar-refractivity contribution in [3.05, 3.63) is 59.7 Å². The molecule has 2 aliphatic rings. The average molecular weight is 1010 g/mol. The zero-order valence-electron chi connectivity index (χ0n) is 35.4. The fraction of sp³-hybridized carbons (Fsp3) is 0.720. The largest absolute Gasteiger partial charge is 0.620 e. The molecule has 0 amide bonds. The number of esters is 2. The van der Waals surface area contributed by atoms with Gasteiger partial charge >= 0.3 is 11.9 Å². The Labute approximate surface area is 410 Å². The van der Waals surface area contributed by atoms with Gasteiger partial charge in [-0.2, -0.15) is 0 Å². The Morgan fingerprint density at radius 1 is 0.594 bits per heavy atom. The van der Waals surface area contributed by atoms with E-state index in [1.807, 2.05) is 13.8 Å². The van der Waals surface area contributed by atoms with Gasteiger partial charge in [-0.1, -0.05) is 133 Å². The van der Waals surface area contributed by atoms with Gasteiger partial charge in [0, 0.05) is 49.4 Å². The van der Waals surface area contributed by atoms with Gasteiger partial charge in [0.15, 0.2) is 11.2 Å². The number of benzene rings is 2. The molecule has 2 aromatic rings. The summed E-state index contributed by atoms with van der Waals surface area (Å²) in [7, 11) is 5.22. The minimum Gasteiger partial charge on any atom is -0.620 e. The molecule has 0 aliphatic heterocycles. The van der Waals surface area contributed by atoms with E-state index in [2.05, 4.69) is 48.5 Å². The summed E-state index contributed by atoms with van der Waals surface area (Å²) in [6.45, 7) is 5.70. The van der Waals surface area contributed by atoms with E-state index >= 15 is 0 Å². The fourth-order valence-electron chi connectivity index (χ4n) is 7.84. The Bertz CT molecular complexity index is 1660. The van der Waals surface area contributed by atoms with Crippen LogP contribution in [0.3, 0.4) is 0 Å². The van der Waals surface area contributed by atoms with E-state index in [1.54, 1.807) is 21.0 Å². The Morgan fingerprint density at radius 2 is 0.953 bits per heavy atom. The lowest BCUT2D eigenvalue weighted by molar-refractivity contribution is -0.168. The molecule has 4 rings (SSSR count). The minimum absolute atomic E-state index is 0. The van der Waals surface area contributed by atoms with Gasteiger partial charge < -0.3 is 28.7 Å². The second kappa shape index (κ2) is 36.7. The van der Waals surface area contributed by atoms with Crippen molar-refractivity contribution in [2.75, 3.05) is 39.8 Å². The summed E-state index contributed by atoms with van der Waals surface area (Å²) in [5, 5.41) is 0. The first kappa shape index (κ1) is 69.3. The van der Waals surface area contributed by atoms with Gasteiger partial charge in [-0.05, 0) is 111 Å². The van der Waals surface area contributed by atoms with E-state index < -0.39 is 25.0 Å². The van der Waals surface area contributed by atoms with E-state index in [-0.39, 0.29) is 56.5 Å². The number of carbonyl (C=O) groups excluding carboxylic acids is 2. The molecule has 0 aromatic heterocycles. The van der Waals surface area contributed by atoms with E-state index in [4.69, 9.17) is 41.3 Å². The molecule has 14 heteroatoms. The van der Waals surface area contributed by atoms with Crippen LogP contribution < -0.4 is 9.79 Å². The molecule has 0 bridgehead atoms. The van der Waals surface area contributed by atoms with Crippen molar-refractivity contribution in [2.45, 2.75) is 173 Å². The highest BCUT2D eigenvalue weighted by atomic mass is 32.9. The Morgan fingerprint density at radius 3 is 1.33 bits per heavy atom. The molecule has 0 spiro atoms. The van der Waals surface area contributed by atoms with Crippen molar-refractivity contribution >= 4 is 67.2 Å². The van der Waals surface area contributed by atoms with Crippen LogP contribution in [-0.4, -0.2) is 62.9 Å². The summed E-state index contributed by atoms with van der Waals surface area (Å²) in [6.07, 6.45) is 16.6. The maximum Gasteiger partial charge on any atom is 0.338 e. The van der Waals surface area contributed by atoms with Crippen LogP contribution in [0.2, 0.25) is 0 Å². The lowest BCUT2D eigenvalue weighted by Crippen LogP contribution is -2.38. The molecular formula is C50H90O8P2S4. The zero-order chi connectivity index (χ0) is 42.6. The number of hydrogen-bond acceptors (Lipinski definition) is 10. The van der Waals surface area contributed by atoms with Crippen LogP contribution >= 0.6 is 13.8 Å². The predicted octanol–water partition coefficient (Wildman–Crippen LogP) is 12.8. The van der Waals surface area contributed by atoms with Crippen LogP contribution in [0.1, 0.15) is 160 Å². The molecule has 64 heavy (non-hydrogen) atoms. The standard InChI is InChI=1S/C22H39O4PS2.C22H27O4PS2.6CH4/c2*1-4-22(2,25-3)21(23)26-15-13-17-5-9-19(10-6-17)20-11-7-18(8-12-20)14-16-27(24)29-28;;;;;;/h17-20H,4-16H2,1-3H3;5-12H,4,13-16H2,1-3H3;6*1H4. The monoisotopic (exact) mass is 1010 g/mol. The van der Waals surface area contributed by atoms with Gasteiger partial charge in [-0.3, -0.25) is 0 Å². The summed E-state index contributed by atoms with van der Waals surface area (Å²) in [6, 6.07) is 16.5. The highest BCUT2D eigenvalue weighted by Gasteiger charge is 2.35. The quantitative estimate of drug-likeness (QED) is 0.0937. The molecule has 4 atom stereocenters. The summed E-state index contributed by atoms with van der Waals surface area (Å²) in [4.78, 5) is 47.3. The van der Waals surface area contributed by atoms with Gasteiger partial charge in [-0.25, -0.2) is 9.59 Å². The first-order valence-electron chi connectivity index (χ1n) is 21.0. The molecule has 2 aliphatic carbocycles. The van der Waals surface area contributed by atoms with Crippen LogP contribution in [0.4, 0.5) is 0 Å². The van der Waals surface area contributed by atoms with Crippen molar-refractivity contribution in [3.63, 3.8) is 0 Å². The molecule has 0 heterocycles. The fourth-order valence-corrected chi connectivity index (χ4v) is 11.4. The summed E-state index contributed by atoms with van der Waals surface area (Å²) in [5.74, 6) is 2.67. The predicted molar refractivity (Wildman–Crippen MR) is 286 cm³/mol. The molecule has 2 saturated carbocycles. The number of aryl methyl sites for hydroxylation is 1. The maximum absolute atomic E-state index is 12.2. The van der Waals surface area contributed by atoms with Crippen molar-refractivity contribution in [1.29, 1.82) is 0 Å². The van der Waals surface area contributed by atoms with Crippen LogP contribution in [0.5, 0.6) is 0 Å². The third kappa shape index (κ3) is 23.1.